The molecule has 25 heavy (non-hydrogen) atoms. The van der Waals surface area contributed by atoms with Crippen molar-refractivity contribution in [3.63, 3.8) is 0 Å². The van der Waals surface area contributed by atoms with Gasteiger partial charge in [-0.15, -0.1) is 0 Å². The first-order chi connectivity index (χ1) is 12.0. The summed E-state index contributed by atoms with van der Waals surface area (Å²) in [7, 11) is -3.91. The third kappa shape index (κ3) is 4.11. The van der Waals surface area contributed by atoms with Crippen LogP contribution in [-0.2, 0) is 23.1 Å². The van der Waals surface area contributed by atoms with Gasteiger partial charge in [0.25, 0.3) is 0 Å². The number of anilines is 1. The van der Waals surface area contributed by atoms with E-state index in [1.807, 2.05) is 49.4 Å². The molecule has 2 amide bonds. The molecule has 0 aromatic heterocycles. The van der Waals surface area contributed by atoms with E-state index in [0.29, 0.717) is 31.6 Å². The minimum atomic E-state index is -3.91. The van der Waals surface area contributed by atoms with E-state index in [9.17, 15) is 13.2 Å². The molecule has 6 nitrogen and oxygen atoms in total. The molecular formula is C18H21N3O3S. The molecule has 0 fully saturated rings. The molecule has 132 valence electrons. The molecule has 3 rings (SSSR count). The second kappa shape index (κ2) is 7.14. The average Bonchev–Trinajstić information content (AvgIpc) is 2.99. The number of aryl methyl sites for hydroxylation is 1. The quantitative estimate of drug-likeness (QED) is 0.858. The van der Waals surface area contributed by atoms with Crippen molar-refractivity contribution in [3.05, 3.63) is 65.2 Å². The Bertz CT molecular complexity index is 866. The van der Waals surface area contributed by atoms with Crippen LogP contribution in [0.1, 0.15) is 16.7 Å². The molecule has 2 aromatic rings. The number of carbonyl (C=O) groups excluding carboxylic acids is 1. The Morgan fingerprint density at radius 2 is 1.92 bits per heavy atom. The maximum Gasteiger partial charge on any atom is 0.329 e. The molecular weight excluding hydrogens is 338 g/mol. The summed E-state index contributed by atoms with van der Waals surface area (Å²) in [5, 5.41) is 2.59. The Hall–Kier alpha value is -2.54. The zero-order valence-electron chi connectivity index (χ0n) is 14.0. The predicted molar refractivity (Wildman–Crippen MR) is 97.8 cm³/mol. The van der Waals surface area contributed by atoms with E-state index in [2.05, 4.69) is 10.0 Å². The first-order valence-corrected chi connectivity index (χ1v) is 9.61. The lowest BCUT2D eigenvalue weighted by atomic mass is 10.1. The Balaban J connectivity index is 1.58. The van der Waals surface area contributed by atoms with Gasteiger partial charge in [0.05, 0.1) is 5.69 Å². The zero-order chi connectivity index (χ0) is 17.9. The van der Waals surface area contributed by atoms with Gasteiger partial charge in [0.15, 0.2) is 0 Å². The van der Waals surface area contributed by atoms with Crippen LogP contribution < -0.4 is 14.3 Å². The van der Waals surface area contributed by atoms with Crippen molar-refractivity contribution < 1.29 is 13.2 Å². The minimum absolute atomic E-state index is 0.339. The third-order valence-electron chi connectivity index (χ3n) is 4.14. The van der Waals surface area contributed by atoms with Crippen molar-refractivity contribution in [2.75, 3.05) is 17.4 Å². The molecule has 1 heterocycles. The summed E-state index contributed by atoms with van der Waals surface area (Å²) in [6.45, 7) is 2.67. The normalized spacial score (nSPS) is 13.4. The lowest BCUT2D eigenvalue weighted by molar-refractivity contribution is 0.246. The Morgan fingerprint density at radius 3 is 2.68 bits per heavy atom. The summed E-state index contributed by atoms with van der Waals surface area (Å²) in [4.78, 5) is 11.9. The largest absolute Gasteiger partial charge is 0.337 e. The van der Waals surface area contributed by atoms with Crippen LogP contribution in [0.2, 0.25) is 0 Å². The Kier molecular flexibility index (Phi) is 4.94. The second-order valence-corrected chi connectivity index (χ2v) is 7.65. The van der Waals surface area contributed by atoms with E-state index in [1.165, 1.54) is 4.31 Å². The summed E-state index contributed by atoms with van der Waals surface area (Å²) in [5.41, 5.74) is 3.78. The van der Waals surface area contributed by atoms with E-state index in [0.717, 1.165) is 16.7 Å². The number of hydrogen-bond acceptors (Lipinski definition) is 3. The van der Waals surface area contributed by atoms with Gasteiger partial charge in [0.2, 0.25) is 0 Å². The van der Waals surface area contributed by atoms with Gasteiger partial charge in [-0.2, -0.15) is 8.42 Å². The molecule has 2 N–H and O–H groups in total. The van der Waals surface area contributed by atoms with E-state index >= 15 is 0 Å². The van der Waals surface area contributed by atoms with Crippen molar-refractivity contribution in [1.82, 2.24) is 10.0 Å². The molecule has 0 bridgehead atoms. The van der Waals surface area contributed by atoms with Crippen LogP contribution in [0.25, 0.3) is 0 Å². The minimum Gasteiger partial charge on any atom is -0.337 e. The first kappa shape index (κ1) is 17.3. The van der Waals surface area contributed by atoms with Gasteiger partial charge in [-0.3, -0.25) is 4.31 Å². The van der Waals surface area contributed by atoms with Crippen LogP contribution in [0, 0.1) is 6.92 Å². The number of carbonyl (C=O) groups is 1. The lowest BCUT2D eigenvalue weighted by Crippen LogP contribution is -2.47. The van der Waals surface area contributed by atoms with E-state index < -0.39 is 16.2 Å². The van der Waals surface area contributed by atoms with Crippen molar-refractivity contribution in [2.45, 2.75) is 19.8 Å². The van der Waals surface area contributed by atoms with Crippen LogP contribution >= 0.6 is 0 Å². The molecule has 7 heteroatoms. The monoisotopic (exact) mass is 359 g/mol. The van der Waals surface area contributed by atoms with Crippen LogP contribution in [0.3, 0.4) is 0 Å². The molecule has 0 radical (unpaired) electrons. The highest BCUT2D eigenvalue weighted by Gasteiger charge is 2.30. The molecule has 2 aromatic carbocycles. The van der Waals surface area contributed by atoms with Gasteiger partial charge >= 0.3 is 16.2 Å². The van der Waals surface area contributed by atoms with Gasteiger partial charge in [-0.1, -0.05) is 48.0 Å². The van der Waals surface area contributed by atoms with Crippen LogP contribution in [0.5, 0.6) is 0 Å². The summed E-state index contributed by atoms with van der Waals surface area (Å²) in [6.07, 6.45) is 1.29. The predicted octanol–water partition coefficient (Wildman–Crippen LogP) is 2.14. The number of hydrogen-bond donors (Lipinski definition) is 2. The summed E-state index contributed by atoms with van der Waals surface area (Å²) < 4.78 is 28.3. The van der Waals surface area contributed by atoms with Crippen molar-refractivity contribution in [2.24, 2.45) is 0 Å². The van der Waals surface area contributed by atoms with Crippen molar-refractivity contribution >= 4 is 21.9 Å². The molecule has 0 atom stereocenters. The lowest BCUT2D eigenvalue weighted by Gasteiger charge is -2.20. The number of rotatable bonds is 5. The molecule has 1 aliphatic rings. The van der Waals surface area contributed by atoms with Gasteiger partial charge in [-0.25, -0.2) is 9.52 Å². The van der Waals surface area contributed by atoms with E-state index in [4.69, 9.17) is 0 Å². The fourth-order valence-electron chi connectivity index (χ4n) is 2.92. The number of nitrogens with zero attached hydrogens (tertiary/aromatic N) is 1. The smallest absolute Gasteiger partial charge is 0.329 e. The highest BCUT2D eigenvalue weighted by atomic mass is 32.2. The molecule has 0 unspecified atom stereocenters. The second-order valence-electron chi connectivity index (χ2n) is 6.05. The molecule has 0 saturated carbocycles. The van der Waals surface area contributed by atoms with Gasteiger partial charge in [0.1, 0.15) is 0 Å². The summed E-state index contributed by atoms with van der Waals surface area (Å²) in [6, 6.07) is 14.6. The van der Waals surface area contributed by atoms with E-state index in [-0.39, 0.29) is 0 Å². The van der Waals surface area contributed by atoms with Crippen LogP contribution in [0.15, 0.2) is 48.5 Å². The molecule has 0 aliphatic carbocycles. The van der Waals surface area contributed by atoms with Crippen molar-refractivity contribution in [1.29, 1.82) is 0 Å². The van der Waals surface area contributed by atoms with Gasteiger partial charge in [-0.05, 0) is 37.0 Å². The number of benzene rings is 2. The summed E-state index contributed by atoms with van der Waals surface area (Å²) >= 11 is 0. The number of amides is 2. The Morgan fingerprint density at radius 1 is 1.16 bits per heavy atom. The first-order valence-electron chi connectivity index (χ1n) is 8.17. The average molecular weight is 359 g/mol. The fraction of sp³-hybridized carbons (Fsp3) is 0.278. The zero-order valence-corrected chi connectivity index (χ0v) is 14.8. The van der Waals surface area contributed by atoms with Gasteiger partial charge in [0, 0.05) is 13.1 Å². The fourth-order valence-corrected chi connectivity index (χ4v) is 4.11. The van der Waals surface area contributed by atoms with E-state index in [1.54, 1.807) is 6.07 Å². The number of nitrogens with one attached hydrogen (secondary N) is 2. The summed E-state index contributed by atoms with van der Waals surface area (Å²) in [5.74, 6) is 0. The number of fused-ring (bicyclic) bond motifs is 1. The maximum absolute atomic E-state index is 12.5. The topological polar surface area (TPSA) is 78.5 Å². The highest BCUT2D eigenvalue weighted by Crippen LogP contribution is 2.30. The molecule has 0 spiro atoms. The van der Waals surface area contributed by atoms with Crippen LogP contribution in [0.4, 0.5) is 10.5 Å². The Labute approximate surface area is 148 Å². The molecule has 1 aliphatic heterocycles. The van der Waals surface area contributed by atoms with Crippen molar-refractivity contribution in [3.8, 4) is 0 Å². The standard InChI is InChI=1S/C18H21N3O3S/c1-14-7-8-17-16(13-14)10-12-21(17)25(23,24)20-18(22)19-11-9-15-5-3-2-4-6-15/h2-8,13H,9-12H2,1H3,(H2,19,20,22). The third-order valence-corrected chi connectivity index (χ3v) is 5.54. The van der Waals surface area contributed by atoms with Crippen LogP contribution in [-0.4, -0.2) is 27.5 Å². The van der Waals surface area contributed by atoms with Gasteiger partial charge < -0.3 is 5.32 Å². The maximum atomic E-state index is 12.5. The highest BCUT2D eigenvalue weighted by molar-refractivity contribution is 7.91. The number of urea groups is 1. The molecule has 0 saturated heterocycles. The SMILES string of the molecule is Cc1ccc2c(c1)CCN2S(=O)(=O)NC(=O)NCCc1ccccc1.